The van der Waals surface area contributed by atoms with Crippen LogP contribution in [0.3, 0.4) is 0 Å². The monoisotopic (exact) mass is 545 g/mol. The minimum atomic E-state index is -0.655. The Balaban J connectivity index is 1.48. The van der Waals surface area contributed by atoms with Gasteiger partial charge in [-0.05, 0) is 60.0 Å². The van der Waals surface area contributed by atoms with Crippen LogP contribution in [0.1, 0.15) is 56.3 Å². The molecule has 1 saturated heterocycles. The molecular weight excluding hydrogens is 518 g/mol. The number of hydrogen-bond donors (Lipinski definition) is 2. The van der Waals surface area contributed by atoms with E-state index in [-0.39, 0.29) is 42.3 Å². The topological polar surface area (TPSA) is 130 Å². The molecule has 0 saturated carbocycles. The lowest BCUT2D eigenvalue weighted by Gasteiger charge is -2.39. The number of phenolic OH excluding ortho intramolecular Hbond substituents is 1. The van der Waals surface area contributed by atoms with Gasteiger partial charge in [-0.2, -0.15) is 0 Å². The minimum Gasteiger partial charge on any atom is -0.502 e. The fourth-order valence-electron chi connectivity index (χ4n) is 5.92. The number of carbonyl (C=O) groups is 3. The van der Waals surface area contributed by atoms with E-state index in [9.17, 15) is 19.5 Å². The van der Waals surface area contributed by atoms with Gasteiger partial charge >= 0.3 is 5.97 Å². The lowest BCUT2D eigenvalue weighted by molar-refractivity contribution is -0.141. The van der Waals surface area contributed by atoms with Gasteiger partial charge in [-0.25, -0.2) is 0 Å². The van der Waals surface area contributed by atoms with Crippen LogP contribution in [0, 0.1) is 11.8 Å². The van der Waals surface area contributed by atoms with Gasteiger partial charge < -0.3 is 34.1 Å². The standard InChI is InChI=1S/C30H27NO9/c1-14(32)15-4-6-16(7-5-15)29(34)31-27-19-11-22-21(39-13-40-22)10-18(19)25(26-20(27)12-38-30(26)35)17-8-23(36-2)28(33)24(9-17)37-3/h4-11,20,25-27,33H,12-13H2,1-3H3,(H,31,34)/t20?,25-,26+,27-/m1/s1. The van der Waals surface area contributed by atoms with Gasteiger partial charge in [0.25, 0.3) is 5.91 Å². The van der Waals surface area contributed by atoms with Crippen LogP contribution in [0.15, 0.2) is 48.5 Å². The molecule has 1 fully saturated rings. The molecule has 3 aromatic carbocycles. The van der Waals surface area contributed by atoms with E-state index in [1.807, 2.05) is 12.1 Å². The van der Waals surface area contributed by atoms with Crippen LogP contribution in [-0.4, -0.2) is 50.4 Å². The van der Waals surface area contributed by atoms with Crippen molar-refractivity contribution in [2.45, 2.75) is 18.9 Å². The first-order valence-electron chi connectivity index (χ1n) is 12.8. The number of amides is 1. The maximum Gasteiger partial charge on any atom is 0.310 e. The van der Waals surface area contributed by atoms with Crippen molar-refractivity contribution in [2.24, 2.45) is 11.8 Å². The molecule has 10 heteroatoms. The molecule has 2 heterocycles. The van der Waals surface area contributed by atoms with Gasteiger partial charge in [-0.3, -0.25) is 14.4 Å². The minimum absolute atomic E-state index is 0.0537. The van der Waals surface area contributed by atoms with Crippen molar-refractivity contribution >= 4 is 17.7 Å². The van der Waals surface area contributed by atoms with Crippen molar-refractivity contribution < 1.29 is 43.2 Å². The molecule has 0 spiro atoms. The summed E-state index contributed by atoms with van der Waals surface area (Å²) in [7, 11) is 2.87. The lowest BCUT2D eigenvalue weighted by Crippen LogP contribution is -2.42. The predicted molar refractivity (Wildman–Crippen MR) is 140 cm³/mol. The number of ketones is 1. The van der Waals surface area contributed by atoms with Gasteiger partial charge in [0.05, 0.1) is 32.8 Å². The van der Waals surface area contributed by atoms with E-state index in [0.29, 0.717) is 28.2 Å². The Kier molecular flexibility index (Phi) is 6.25. The van der Waals surface area contributed by atoms with Crippen LogP contribution >= 0.6 is 0 Å². The molecule has 2 aliphatic heterocycles. The van der Waals surface area contributed by atoms with E-state index in [2.05, 4.69) is 5.32 Å². The van der Waals surface area contributed by atoms with Crippen LogP contribution in [0.5, 0.6) is 28.7 Å². The molecule has 3 aromatic rings. The van der Waals surface area contributed by atoms with Crippen molar-refractivity contribution in [3.8, 4) is 28.7 Å². The number of carbonyl (C=O) groups excluding carboxylic acids is 3. The fraction of sp³-hybridized carbons (Fsp3) is 0.300. The third-order valence-corrected chi connectivity index (χ3v) is 7.89. The highest BCUT2D eigenvalue weighted by Crippen LogP contribution is 2.55. The van der Waals surface area contributed by atoms with E-state index < -0.39 is 29.8 Å². The van der Waals surface area contributed by atoms with Gasteiger partial charge in [-0.15, -0.1) is 0 Å². The number of ether oxygens (including phenoxy) is 5. The van der Waals surface area contributed by atoms with E-state index in [0.717, 1.165) is 11.1 Å². The Hall–Kier alpha value is -4.73. The number of nitrogens with one attached hydrogen (secondary N) is 1. The molecule has 0 bridgehead atoms. The Morgan fingerprint density at radius 3 is 2.10 bits per heavy atom. The largest absolute Gasteiger partial charge is 0.502 e. The third-order valence-electron chi connectivity index (χ3n) is 7.89. The summed E-state index contributed by atoms with van der Waals surface area (Å²) in [6.45, 7) is 1.62. The molecule has 40 heavy (non-hydrogen) atoms. The van der Waals surface area contributed by atoms with Gasteiger partial charge in [0.15, 0.2) is 28.8 Å². The average Bonchev–Trinajstić information content (AvgIpc) is 3.58. The first-order chi connectivity index (χ1) is 19.3. The van der Waals surface area contributed by atoms with Crippen LogP contribution in [0.2, 0.25) is 0 Å². The number of phenols is 1. The molecule has 0 radical (unpaired) electrons. The zero-order valence-corrected chi connectivity index (χ0v) is 22.1. The van der Waals surface area contributed by atoms with E-state index >= 15 is 0 Å². The Labute approximate surface area is 229 Å². The third kappa shape index (κ3) is 4.07. The summed E-state index contributed by atoms with van der Waals surface area (Å²) < 4.78 is 27.7. The molecule has 206 valence electrons. The van der Waals surface area contributed by atoms with Gasteiger partial charge in [0, 0.05) is 23.0 Å². The number of hydrogen-bond acceptors (Lipinski definition) is 9. The van der Waals surface area contributed by atoms with Gasteiger partial charge in [0.2, 0.25) is 12.5 Å². The number of fused-ring (bicyclic) bond motifs is 3. The summed E-state index contributed by atoms with van der Waals surface area (Å²) >= 11 is 0. The summed E-state index contributed by atoms with van der Waals surface area (Å²) in [5.41, 5.74) is 3.06. The first kappa shape index (κ1) is 25.5. The van der Waals surface area contributed by atoms with Gasteiger partial charge in [-0.1, -0.05) is 12.1 Å². The highest BCUT2D eigenvalue weighted by molar-refractivity contribution is 5.98. The summed E-state index contributed by atoms with van der Waals surface area (Å²) in [6.07, 6.45) is 0. The Morgan fingerprint density at radius 1 is 0.900 bits per heavy atom. The number of benzene rings is 3. The van der Waals surface area contributed by atoms with Crippen molar-refractivity contribution in [2.75, 3.05) is 27.6 Å². The second kappa shape index (κ2) is 9.78. The molecule has 1 amide bonds. The fourth-order valence-corrected chi connectivity index (χ4v) is 5.92. The normalized spacial score (nSPS) is 22.1. The number of aromatic hydroxyl groups is 1. The number of methoxy groups -OCH3 is 2. The SMILES string of the molecule is COc1cc([C@@H]2c3cc4c(cc3[C@@H](NC(=O)c3ccc(C(C)=O)cc3)C3COC(=O)[C@@H]32)OCO4)cc(OC)c1O. The van der Waals surface area contributed by atoms with Crippen LogP contribution < -0.4 is 24.3 Å². The maximum atomic E-state index is 13.4. The average molecular weight is 546 g/mol. The highest BCUT2D eigenvalue weighted by atomic mass is 16.7. The van der Waals surface area contributed by atoms with E-state index in [4.69, 9.17) is 23.7 Å². The van der Waals surface area contributed by atoms with Crippen molar-refractivity contribution in [3.05, 3.63) is 76.3 Å². The molecular formula is C30H27NO9. The molecule has 0 aromatic heterocycles. The van der Waals surface area contributed by atoms with Crippen LogP contribution in [0.25, 0.3) is 0 Å². The lowest BCUT2D eigenvalue weighted by atomic mass is 9.65. The zero-order chi connectivity index (χ0) is 28.1. The van der Waals surface area contributed by atoms with Crippen LogP contribution in [-0.2, 0) is 9.53 Å². The number of rotatable bonds is 6. The van der Waals surface area contributed by atoms with Crippen molar-refractivity contribution in [3.63, 3.8) is 0 Å². The summed E-state index contributed by atoms with van der Waals surface area (Å²) in [4.78, 5) is 38.4. The zero-order valence-electron chi connectivity index (χ0n) is 22.1. The van der Waals surface area contributed by atoms with Crippen LogP contribution in [0.4, 0.5) is 0 Å². The van der Waals surface area contributed by atoms with Crippen molar-refractivity contribution in [1.82, 2.24) is 5.32 Å². The van der Waals surface area contributed by atoms with E-state index in [1.165, 1.54) is 21.1 Å². The molecule has 3 aliphatic rings. The number of esters is 1. The van der Waals surface area contributed by atoms with Gasteiger partial charge in [0.1, 0.15) is 0 Å². The van der Waals surface area contributed by atoms with E-state index in [1.54, 1.807) is 36.4 Å². The summed E-state index contributed by atoms with van der Waals surface area (Å²) in [5, 5.41) is 13.6. The number of Topliss-reactive ketones (excluding diaryl/α,β-unsaturated/α-hetero) is 1. The summed E-state index contributed by atoms with van der Waals surface area (Å²) in [6, 6.07) is 12.8. The molecule has 6 rings (SSSR count). The second-order valence-corrected chi connectivity index (χ2v) is 9.99. The Morgan fingerprint density at radius 2 is 1.50 bits per heavy atom. The van der Waals surface area contributed by atoms with Crippen molar-refractivity contribution in [1.29, 1.82) is 0 Å². The predicted octanol–water partition coefficient (Wildman–Crippen LogP) is 3.75. The first-order valence-corrected chi connectivity index (χ1v) is 12.8. The maximum absolute atomic E-state index is 13.4. The second-order valence-electron chi connectivity index (χ2n) is 9.99. The quantitative estimate of drug-likeness (QED) is 0.351. The number of cyclic esters (lactones) is 1. The molecule has 10 nitrogen and oxygen atoms in total. The molecule has 2 N–H and O–H groups in total. The molecule has 1 aliphatic carbocycles. The molecule has 1 unspecified atom stereocenters. The summed E-state index contributed by atoms with van der Waals surface area (Å²) in [5.74, 6) is -1.12. The molecule has 4 atom stereocenters. The Bertz CT molecular complexity index is 1510. The highest BCUT2D eigenvalue weighted by Gasteiger charge is 2.53. The smallest absolute Gasteiger partial charge is 0.310 e.